The van der Waals surface area contributed by atoms with E-state index in [2.05, 4.69) is 5.32 Å². The fraction of sp³-hybridized carbons (Fsp3) is 0.562. The summed E-state index contributed by atoms with van der Waals surface area (Å²) in [4.78, 5) is 12.3. The molecule has 1 aliphatic carbocycles. The van der Waals surface area contributed by atoms with E-state index in [1.807, 2.05) is 31.2 Å². The van der Waals surface area contributed by atoms with Crippen molar-refractivity contribution in [3.8, 4) is 0 Å². The highest BCUT2D eigenvalue weighted by Crippen LogP contribution is 2.28. The van der Waals surface area contributed by atoms with E-state index in [1.165, 1.54) is 6.42 Å². The minimum Gasteiger partial charge on any atom is -0.394 e. The molecular formula is C16H24N2O2. The fourth-order valence-electron chi connectivity index (χ4n) is 2.82. The van der Waals surface area contributed by atoms with Gasteiger partial charge in [0.2, 0.25) is 5.91 Å². The number of hydrogen-bond acceptors (Lipinski definition) is 3. The third-order valence-corrected chi connectivity index (χ3v) is 4.22. The molecule has 0 bridgehead atoms. The number of hydrogen-bond donors (Lipinski definition) is 3. The van der Waals surface area contributed by atoms with Gasteiger partial charge in [-0.05, 0) is 25.3 Å². The summed E-state index contributed by atoms with van der Waals surface area (Å²) in [6.45, 7) is 1.98. The molecule has 0 aromatic heterocycles. The van der Waals surface area contributed by atoms with E-state index < -0.39 is 11.6 Å². The smallest absolute Gasteiger partial charge is 0.242 e. The van der Waals surface area contributed by atoms with E-state index >= 15 is 0 Å². The van der Waals surface area contributed by atoms with Crippen LogP contribution in [0.4, 0.5) is 0 Å². The summed E-state index contributed by atoms with van der Waals surface area (Å²) in [5, 5.41) is 12.6. The van der Waals surface area contributed by atoms with E-state index in [1.54, 1.807) is 0 Å². The summed E-state index contributed by atoms with van der Waals surface area (Å²) < 4.78 is 0. The highest BCUT2D eigenvalue weighted by atomic mass is 16.3. The molecule has 1 aliphatic rings. The molecule has 0 radical (unpaired) electrons. The molecule has 110 valence electrons. The zero-order valence-corrected chi connectivity index (χ0v) is 12.1. The predicted molar refractivity (Wildman–Crippen MR) is 79.2 cm³/mol. The van der Waals surface area contributed by atoms with Gasteiger partial charge in [-0.25, -0.2) is 0 Å². The van der Waals surface area contributed by atoms with Crippen LogP contribution in [-0.4, -0.2) is 23.2 Å². The van der Waals surface area contributed by atoms with Gasteiger partial charge >= 0.3 is 0 Å². The molecule has 1 fully saturated rings. The van der Waals surface area contributed by atoms with Crippen molar-refractivity contribution in [1.29, 1.82) is 0 Å². The third kappa shape index (κ3) is 3.38. The number of aryl methyl sites for hydroxylation is 1. The number of rotatable bonds is 4. The molecule has 1 aromatic carbocycles. The van der Waals surface area contributed by atoms with Gasteiger partial charge in [0.15, 0.2) is 0 Å². The van der Waals surface area contributed by atoms with Crippen LogP contribution in [0.2, 0.25) is 0 Å². The summed E-state index contributed by atoms with van der Waals surface area (Å²) in [7, 11) is 0. The quantitative estimate of drug-likeness (QED) is 0.785. The summed E-state index contributed by atoms with van der Waals surface area (Å²) in [5.41, 5.74) is 7.49. The Morgan fingerprint density at radius 1 is 1.30 bits per heavy atom. The van der Waals surface area contributed by atoms with Crippen LogP contribution in [0.15, 0.2) is 24.3 Å². The SMILES string of the molecule is Cc1ccc(C(N)C(=O)NC2(CO)CCCCC2)cc1. The molecule has 2 rings (SSSR count). The summed E-state index contributed by atoms with van der Waals surface area (Å²) in [6, 6.07) is 6.98. The van der Waals surface area contributed by atoms with Crippen molar-refractivity contribution >= 4 is 5.91 Å². The highest BCUT2D eigenvalue weighted by molar-refractivity contribution is 5.83. The van der Waals surface area contributed by atoms with Crippen molar-refractivity contribution < 1.29 is 9.90 Å². The molecule has 0 saturated heterocycles. The summed E-state index contributed by atoms with van der Waals surface area (Å²) >= 11 is 0. The predicted octanol–water partition coefficient (Wildman–Crippen LogP) is 1.81. The van der Waals surface area contributed by atoms with Gasteiger partial charge in [0.05, 0.1) is 12.1 Å². The maximum atomic E-state index is 12.3. The Morgan fingerprint density at radius 3 is 2.45 bits per heavy atom. The second-order valence-corrected chi connectivity index (χ2v) is 5.88. The Hall–Kier alpha value is -1.39. The standard InChI is InChI=1S/C16H24N2O2/c1-12-5-7-13(8-6-12)14(17)15(20)18-16(11-19)9-3-2-4-10-16/h5-8,14,19H,2-4,9-11,17H2,1H3,(H,18,20). The monoisotopic (exact) mass is 276 g/mol. The van der Waals surface area contributed by atoms with Gasteiger partial charge < -0.3 is 16.2 Å². The Balaban J connectivity index is 2.04. The zero-order chi connectivity index (χ0) is 14.6. The van der Waals surface area contributed by atoms with Gasteiger partial charge in [-0.3, -0.25) is 4.79 Å². The molecular weight excluding hydrogens is 252 g/mol. The fourth-order valence-corrected chi connectivity index (χ4v) is 2.82. The van der Waals surface area contributed by atoms with Crippen molar-refractivity contribution in [2.24, 2.45) is 5.73 Å². The Morgan fingerprint density at radius 2 is 1.90 bits per heavy atom. The average Bonchev–Trinajstić information content (AvgIpc) is 2.48. The number of aliphatic hydroxyl groups excluding tert-OH is 1. The lowest BCUT2D eigenvalue weighted by atomic mass is 9.82. The first-order valence-electron chi connectivity index (χ1n) is 7.31. The lowest BCUT2D eigenvalue weighted by Gasteiger charge is -2.37. The van der Waals surface area contributed by atoms with E-state index in [0.29, 0.717) is 0 Å². The molecule has 0 aliphatic heterocycles. The van der Waals surface area contributed by atoms with Crippen LogP contribution in [0.3, 0.4) is 0 Å². The lowest BCUT2D eigenvalue weighted by molar-refractivity contribution is -0.125. The van der Waals surface area contributed by atoms with Crippen LogP contribution in [0.5, 0.6) is 0 Å². The molecule has 1 atom stereocenters. The van der Waals surface area contributed by atoms with Crippen molar-refractivity contribution in [3.63, 3.8) is 0 Å². The molecule has 4 heteroatoms. The van der Waals surface area contributed by atoms with E-state index in [-0.39, 0.29) is 12.5 Å². The van der Waals surface area contributed by atoms with Gasteiger partial charge in [0.25, 0.3) is 0 Å². The van der Waals surface area contributed by atoms with Crippen LogP contribution in [0.25, 0.3) is 0 Å². The lowest BCUT2D eigenvalue weighted by Crippen LogP contribution is -2.54. The Labute approximate surface area is 120 Å². The van der Waals surface area contributed by atoms with Gasteiger partial charge in [0.1, 0.15) is 6.04 Å². The second kappa shape index (κ2) is 6.37. The number of nitrogens with two attached hydrogens (primary N) is 1. The Bertz CT molecular complexity index is 450. The third-order valence-electron chi connectivity index (χ3n) is 4.22. The molecule has 0 spiro atoms. The Kier molecular flexibility index (Phi) is 4.78. The van der Waals surface area contributed by atoms with Crippen LogP contribution < -0.4 is 11.1 Å². The average molecular weight is 276 g/mol. The summed E-state index contributed by atoms with van der Waals surface area (Å²) in [5.74, 6) is -0.204. The zero-order valence-electron chi connectivity index (χ0n) is 12.1. The first-order chi connectivity index (χ1) is 9.56. The molecule has 1 saturated carbocycles. The van der Waals surface area contributed by atoms with Crippen molar-refractivity contribution in [2.45, 2.75) is 50.6 Å². The van der Waals surface area contributed by atoms with Crippen molar-refractivity contribution in [3.05, 3.63) is 35.4 Å². The first kappa shape index (κ1) is 15.0. The molecule has 4 nitrogen and oxygen atoms in total. The van der Waals surface area contributed by atoms with Crippen molar-refractivity contribution in [1.82, 2.24) is 5.32 Å². The van der Waals surface area contributed by atoms with E-state index in [4.69, 9.17) is 5.73 Å². The maximum Gasteiger partial charge on any atom is 0.242 e. The van der Waals surface area contributed by atoms with Gasteiger partial charge in [-0.15, -0.1) is 0 Å². The van der Waals surface area contributed by atoms with Crippen LogP contribution in [-0.2, 0) is 4.79 Å². The summed E-state index contributed by atoms with van der Waals surface area (Å²) in [6.07, 6.45) is 4.91. The molecule has 4 N–H and O–H groups in total. The largest absolute Gasteiger partial charge is 0.394 e. The number of carbonyl (C=O) groups is 1. The highest BCUT2D eigenvalue weighted by Gasteiger charge is 2.34. The first-order valence-corrected chi connectivity index (χ1v) is 7.31. The van der Waals surface area contributed by atoms with Gasteiger partial charge in [0, 0.05) is 0 Å². The van der Waals surface area contributed by atoms with Gasteiger partial charge in [-0.1, -0.05) is 49.1 Å². The minimum absolute atomic E-state index is 0.0145. The molecule has 20 heavy (non-hydrogen) atoms. The number of carbonyl (C=O) groups excluding carboxylic acids is 1. The number of aliphatic hydroxyl groups is 1. The number of amides is 1. The van der Waals surface area contributed by atoms with Crippen LogP contribution >= 0.6 is 0 Å². The number of nitrogens with one attached hydrogen (secondary N) is 1. The minimum atomic E-state index is -0.680. The molecule has 1 aromatic rings. The molecule has 1 amide bonds. The number of benzene rings is 1. The maximum absolute atomic E-state index is 12.3. The van der Waals surface area contributed by atoms with Crippen LogP contribution in [0.1, 0.15) is 49.3 Å². The van der Waals surface area contributed by atoms with E-state index in [0.717, 1.165) is 36.8 Å². The topological polar surface area (TPSA) is 75.4 Å². The van der Waals surface area contributed by atoms with Crippen molar-refractivity contribution in [2.75, 3.05) is 6.61 Å². The van der Waals surface area contributed by atoms with Gasteiger partial charge in [-0.2, -0.15) is 0 Å². The van der Waals surface area contributed by atoms with E-state index in [9.17, 15) is 9.90 Å². The van der Waals surface area contributed by atoms with Crippen LogP contribution in [0, 0.1) is 6.92 Å². The molecule has 1 unspecified atom stereocenters. The normalized spacial score (nSPS) is 19.4. The molecule has 0 heterocycles. The second-order valence-electron chi connectivity index (χ2n) is 5.88.